The van der Waals surface area contributed by atoms with Gasteiger partial charge in [-0.3, -0.25) is 4.79 Å². The Morgan fingerprint density at radius 3 is 1.86 bits per heavy atom. The van der Waals surface area contributed by atoms with Gasteiger partial charge in [0.25, 0.3) is 0 Å². The van der Waals surface area contributed by atoms with Crippen molar-refractivity contribution in [3.8, 4) is 0 Å². The maximum Gasteiger partial charge on any atom is 0.193 e. The number of benzene rings is 2. The second-order valence-electron chi connectivity index (χ2n) is 7.96. The van der Waals surface area contributed by atoms with Crippen LogP contribution < -0.4 is 0 Å². The summed E-state index contributed by atoms with van der Waals surface area (Å²) in [7, 11) is 0. The van der Waals surface area contributed by atoms with E-state index in [0.29, 0.717) is 0 Å². The highest BCUT2D eigenvalue weighted by atomic mass is 16.1. The second-order valence-corrected chi connectivity index (χ2v) is 7.96. The summed E-state index contributed by atoms with van der Waals surface area (Å²) in [5.41, 5.74) is 3.95. The molecule has 0 heterocycles. The van der Waals surface area contributed by atoms with Crippen LogP contribution in [0.3, 0.4) is 0 Å². The van der Waals surface area contributed by atoms with Gasteiger partial charge in [0, 0.05) is 11.1 Å². The monoisotopic (exact) mass is 294 g/mol. The molecular formula is C21H26O. The first-order chi connectivity index (χ1) is 10.1. The third-order valence-corrected chi connectivity index (χ3v) is 3.97. The number of ketones is 1. The number of hydrogen-bond acceptors (Lipinski definition) is 1. The van der Waals surface area contributed by atoms with Gasteiger partial charge in [-0.2, -0.15) is 0 Å². The average Bonchev–Trinajstić information content (AvgIpc) is 2.45. The zero-order chi connectivity index (χ0) is 16.5. The van der Waals surface area contributed by atoms with Gasteiger partial charge in [0.1, 0.15) is 0 Å². The van der Waals surface area contributed by atoms with E-state index in [1.54, 1.807) is 0 Å². The van der Waals surface area contributed by atoms with E-state index < -0.39 is 0 Å². The third-order valence-electron chi connectivity index (χ3n) is 3.97. The van der Waals surface area contributed by atoms with Crippen molar-refractivity contribution in [2.24, 2.45) is 0 Å². The summed E-state index contributed by atoms with van der Waals surface area (Å²) >= 11 is 0. The van der Waals surface area contributed by atoms with E-state index in [1.807, 2.05) is 36.4 Å². The Morgan fingerprint density at radius 1 is 0.773 bits per heavy atom. The summed E-state index contributed by atoms with van der Waals surface area (Å²) in [5, 5.41) is 0. The van der Waals surface area contributed by atoms with Crippen molar-refractivity contribution in [2.75, 3.05) is 0 Å². The van der Waals surface area contributed by atoms with Crippen molar-refractivity contribution in [3.63, 3.8) is 0 Å². The smallest absolute Gasteiger partial charge is 0.193 e. The Labute approximate surface area is 134 Å². The van der Waals surface area contributed by atoms with Gasteiger partial charge in [0.2, 0.25) is 0 Å². The van der Waals surface area contributed by atoms with E-state index in [-0.39, 0.29) is 16.6 Å². The molecule has 0 aliphatic rings. The van der Waals surface area contributed by atoms with E-state index in [2.05, 4.69) is 53.7 Å². The lowest BCUT2D eigenvalue weighted by molar-refractivity contribution is 0.103. The number of rotatable bonds is 2. The highest BCUT2D eigenvalue weighted by Crippen LogP contribution is 2.32. The van der Waals surface area contributed by atoms with Crippen LogP contribution in [-0.4, -0.2) is 5.78 Å². The van der Waals surface area contributed by atoms with Gasteiger partial charge in [0.05, 0.1) is 0 Å². The fourth-order valence-electron chi connectivity index (χ4n) is 2.57. The van der Waals surface area contributed by atoms with Gasteiger partial charge in [-0.25, -0.2) is 0 Å². The molecule has 2 aromatic carbocycles. The molecule has 0 aliphatic heterocycles. The fraction of sp³-hybridized carbons (Fsp3) is 0.381. The Kier molecular flexibility index (Phi) is 4.28. The lowest BCUT2D eigenvalue weighted by Gasteiger charge is -2.27. The van der Waals surface area contributed by atoms with Crippen LogP contribution in [-0.2, 0) is 10.8 Å². The molecule has 0 N–H and O–H groups in total. The fourth-order valence-corrected chi connectivity index (χ4v) is 2.57. The molecule has 0 radical (unpaired) electrons. The molecule has 0 fully saturated rings. The zero-order valence-electron chi connectivity index (χ0n) is 14.5. The second kappa shape index (κ2) is 5.72. The highest BCUT2D eigenvalue weighted by molar-refractivity contribution is 6.10. The third kappa shape index (κ3) is 3.47. The van der Waals surface area contributed by atoms with Gasteiger partial charge >= 0.3 is 0 Å². The van der Waals surface area contributed by atoms with E-state index in [0.717, 1.165) is 16.7 Å². The lowest BCUT2D eigenvalue weighted by Crippen LogP contribution is -2.20. The molecule has 0 atom stereocenters. The molecule has 0 amide bonds. The van der Waals surface area contributed by atoms with Crippen molar-refractivity contribution >= 4 is 5.78 Å². The van der Waals surface area contributed by atoms with Gasteiger partial charge in [0.15, 0.2) is 5.78 Å². The Morgan fingerprint density at radius 2 is 1.36 bits per heavy atom. The van der Waals surface area contributed by atoms with E-state index in [4.69, 9.17) is 0 Å². The molecule has 1 heteroatoms. The van der Waals surface area contributed by atoms with E-state index in [9.17, 15) is 4.79 Å². The molecule has 22 heavy (non-hydrogen) atoms. The Balaban J connectivity index is 2.59. The van der Waals surface area contributed by atoms with Crippen LogP contribution in [0.4, 0.5) is 0 Å². The van der Waals surface area contributed by atoms with Crippen molar-refractivity contribution in [3.05, 3.63) is 70.8 Å². The van der Waals surface area contributed by atoms with Gasteiger partial charge < -0.3 is 0 Å². The topological polar surface area (TPSA) is 17.1 Å². The van der Waals surface area contributed by atoms with Crippen LogP contribution in [0.5, 0.6) is 0 Å². The minimum atomic E-state index is -0.0684. The largest absolute Gasteiger partial charge is 0.289 e. The maximum absolute atomic E-state index is 12.9. The molecule has 116 valence electrons. The SMILES string of the molecule is CC(C)(C)c1ccc(C(=O)c2ccccc2)c(C(C)(C)C)c1. The first-order valence-electron chi connectivity index (χ1n) is 7.85. The molecule has 0 saturated heterocycles. The molecule has 0 aliphatic carbocycles. The minimum absolute atomic E-state index is 0.0684. The first kappa shape index (κ1) is 16.5. The molecule has 1 nitrogen and oxygen atoms in total. The van der Waals surface area contributed by atoms with Crippen molar-refractivity contribution in [2.45, 2.75) is 52.4 Å². The molecular weight excluding hydrogens is 268 g/mol. The zero-order valence-corrected chi connectivity index (χ0v) is 14.5. The summed E-state index contributed by atoms with van der Waals surface area (Å²) < 4.78 is 0. The van der Waals surface area contributed by atoms with Crippen molar-refractivity contribution < 1.29 is 4.79 Å². The van der Waals surface area contributed by atoms with Crippen LogP contribution in [0.25, 0.3) is 0 Å². The standard InChI is InChI=1S/C21H26O/c1-20(2,3)16-12-13-17(18(14-16)21(4,5)6)19(22)15-10-8-7-9-11-15/h7-14H,1-6H3. The summed E-state index contributed by atoms with van der Waals surface area (Å²) in [4.78, 5) is 12.9. The lowest BCUT2D eigenvalue weighted by atomic mass is 9.77. The van der Waals surface area contributed by atoms with Crippen LogP contribution in [0.15, 0.2) is 48.5 Å². The van der Waals surface area contributed by atoms with E-state index in [1.165, 1.54) is 5.56 Å². The van der Waals surface area contributed by atoms with Crippen LogP contribution in [0.2, 0.25) is 0 Å². The summed E-state index contributed by atoms with van der Waals surface area (Å²) in [6, 6.07) is 15.8. The maximum atomic E-state index is 12.9. The van der Waals surface area contributed by atoms with Crippen molar-refractivity contribution in [1.29, 1.82) is 0 Å². The van der Waals surface area contributed by atoms with Crippen LogP contribution in [0, 0.1) is 0 Å². The molecule has 0 unspecified atom stereocenters. The summed E-state index contributed by atoms with van der Waals surface area (Å²) in [6.07, 6.45) is 0. The van der Waals surface area contributed by atoms with Crippen LogP contribution >= 0.6 is 0 Å². The predicted molar refractivity (Wildman–Crippen MR) is 93.7 cm³/mol. The quantitative estimate of drug-likeness (QED) is 0.667. The molecule has 0 bridgehead atoms. The van der Waals surface area contributed by atoms with Crippen LogP contribution in [0.1, 0.15) is 68.6 Å². The minimum Gasteiger partial charge on any atom is -0.289 e. The summed E-state index contributed by atoms with van der Waals surface area (Å²) in [6.45, 7) is 13.1. The Bertz CT molecular complexity index is 667. The molecule has 2 aromatic rings. The Hall–Kier alpha value is -1.89. The first-order valence-corrected chi connectivity index (χ1v) is 7.85. The average molecular weight is 294 g/mol. The molecule has 0 saturated carbocycles. The van der Waals surface area contributed by atoms with Crippen molar-refractivity contribution in [1.82, 2.24) is 0 Å². The van der Waals surface area contributed by atoms with Gasteiger partial charge in [-0.1, -0.05) is 90.1 Å². The summed E-state index contributed by atoms with van der Waals surface area (Å²) in [5.74, 6) is 0.103. The number of carbonyl (C=O) groups excluding carboxylic acids is 1. The highest BCUT2D eigenvalue weighted by Gasteiger charge is 2.25. The molecule has 0 aromatic heterocycles. The number of carbonyl (C=O) groups is 1. The molecule has 2 rings (SSSR count). The molecule has 0 spiro atoms. The van der Waals surface area contributed by atoms with E-state index >= 15 is 0 Å². The normalized spacial score (nSPS) is 12.3. The van der Waals surface area contributed by atoms with Gasteiger partial charge in [-0.05, 0) is 22.0 Å². The number of hydrogen-bond donors (Lipinski definition) is 0. The van der Waals surface area contributed by atoms with Gasteiger partial charge in [-0.15, -0.1) is 0 Å². The predicted octanol–water partition coefficient (Wildman–Crippen LogP) is 5.51.